The first-order valence-corrected chi connectivity index (χ1v) is 8.94. The number of hydrogen-bond donors (Lipinski definition) is 1. The number of carboxylic acids is 1. The van der Waals surface area contributed by atoms with E-state index in [1.807, 2.05) is 13.8 Å². The van der Waals surface area contributed by atoms with Crippen molar-refractivity contribution >= 4 is 5.97 Å². The van der Waals surface area contributed by atoms with Crippen LogP contribution in [0.3, 0.4) is 0 Å². The second kappa shape index (κ2) is 7.24. The molecule has 0 aliphatic carbocycles. The Hall–Kier alpha value is -2.77. The summed E-state index contributed by atoms with van der Waals surface area (Å²) in [5.41, 5.74) is -0.874. The average Bonchev–Trinajstić information content (AvgIpc) is 2.91. The van der Waals surface area contributed by atoms with Crippen LogP contribution in [0.25, 0.3) is 0 Å². The van der Waals surface area contributed by atoms with Crippen LogP contribution >= 0.6 is 0 Å². The molecule has 0 aromatic heterocycles. The maximum atomic E-state index is 13.9. The lowest BCUT2D eigenvalue weighted by Gasteiger charge is -2.19. The zero-order valence-electron chi connectivity index (χ0n) is 16.1. The van der Waals surface area contributed by atoms with Crippen molar-refractivity contribution in [3.05, 3.63) is 58.4 Å². The first-order chi connectivity index (χ1) is 13.4. The molecule has 1 atom stereocenters. The molecule has 0 amide bonds. The van der Waals surface area contributed by atoms with Gasteiger partial charge in [-0.25, -0.2) is 4.39 Å². The predicted octanol–water partition coefficient (Wildman–Crippen LogP) is 5.33. The van der Waals surface area contributed by atoms with Crippen LogP contribution in [0, 0.1) is 5.82 Å². The van der Waals surface area contributed by atoms with E-state index < -0.39 is 35.0 Å². The smallest absolute Gasteiger partial charge is 0.416 e. The summed E-state index contributed by atoms with van der Waals surface area (Å²) in [5, 5.41) is 9.06. The van der Waals surface area contributed by atoms with Crippen LogP contribution in [-0.2, 0) is 24.0 Å². The van der Waals surface area contributed by atoms with Crippen molar-refractivity contribution in [3.8, 4) is 11.5 Å². The van der Waals surface area contributed by atoms with Gasteiger partial charge in [-0.1, -0.05) is 6.07 Å². The Morgan fingerprint density at radius 3 is 2.59 bits per heavy atom. The van der Waals surface area contributed by atoms with Crippen LogP contribution in [0.4, 0.5) is 17.6 Å². The minimum atomic E-state index is -4.74. The second-order valence-corrected chi connectivity index (χ2v) is 7.69. The Balaban J connectivity index is 1.89. The van der Waals surface area contributed by atoms with Crippen molar-refractivity contribution in [1.82, 2.24) is 0 Å². The van der Waals surface area contributed by atoms with Crippen molar-refractivity contribution in [2.75, 3.05) is 0 Å². The van der Waals surface area contributed by atoms with Crippen molar-refractivity contribution in [3.63, 3.8) is 0 Å². The second-order valence-electron chi connectivity index (χ2n) is 7.69. The van der Waals surface area contributed by atoms with Gasteiger partial charge in [-0.15, -0.1) is 0 Å². The normalized spacial score (nSPS) is 16.1. The number of carboxylic acid groups (broad SMARTS) is 1. The first-order valence-electron chi connectivity index (χ1n) is 8.94. The molecule has 2 aromatic rings. The molecule has 2 aromatic carbocycles. The fourth-order valence-corrected chi connectivity index (χ4v) is 3.39. The predicted molar refractivity (Wildman–Crippen MR) is 96.6 cm³/mol. The zero-order valence-corrected chi connectivity index (χ0v) is 16.1. The van der Waals surface area contributed by atoms with Gasteiger partial charge in [0, 0.05) is 17.5 Å². The van der Waals surface area contributed by atoms with Gasteiger partial charge in [0.2, 0.25) is 0 Å². The van der Waals surface area contributed by atoms with E-state index in [-0.39, 0.29) is 17.9 Å². The molecule has 29 heavy (non-hydrogen) atoms. The van der Waals surface area contributed by atoms with Gasteiger partial charge in [-0.05, 0) is 50.6 Å². The molecule has 0 bridgehead atoms. The fraction of sp³-hybridized carbons (Fsp3) is 0.381. The SMILES string of the molecule is CC(C(=O)O)c1ccc(OCc2cc(F)cc3c2OC(C)(C)C3)cc1C(F)(F)F. The Bertz CT molecular complexity index is 950. The van der Waals surface area contributed by atoms with Gasteiger partial charge in [0.25, 0.3) is 0 Å². The summed E-state index contributed by atoms with van der Waals surface area (Å²) in [6.07, 6.45) is -4.24. The Labute approximate surface area is 165 Å². The molecule has 1 heterocycles. The number of ether oxygens (including phenoxy) is 2. The van der Waals surface area contributed by atoms with Crippen LogP contribution in [0.2, 0.25) is 0 Å². The van der Waals surface area contributed by atoms with Crippen molar-refractivity contribution in [2.45, 2.75) is 51.5 Å². The topological polar surface area (TPSA) is 55.8 Å². The lowest BCUT2D eigenvalue weighted by atomic mass is 9.95. The van der Waals surface area contributed by atoms with E-state index >= 15 is 0 Å². The van der Waals surface area contributed by atoms with Crippen LogP contribution < -0.4 is 9.47 Å². The van der Waals surface area contributed by atoms with Crippen LogP contribution in [-0.4, -0.2) is 16.7 Å². The summed E-state index contributed by atoms with van der Waals surface area (Å²) >= 11 is 0. The van der Waals surface area contributed by atoms with Gasteiger partial charge in [0.15, 0.2) is 0 Å². The third-order valence-electron chi connectivity index (χ3n) is 4.76. The summed E-state index contributed by atoms with van der Waals surface area (Å²) in [7, 11) is 0. The number of hydrogen-bond acceptors (Lipinski definition) is 3. The van der Waals surface area contributed by atoms with E-state index in [9.17, 15) is 22.4 Å². The lowest BCUT2D eigenvalue weighted by Crippen LogP contribution is -2.25. The summed E-state index contributed by atoms with van der Waals surface area (Å²) in [5.74, 6) is -2.80. The summed E-state index contributed by atoms with van der Waals surface area (Å²) in [6.45, 7) is 4.70. The van der Waals surface area contributed by atoms with Crippen LogP contribution in [0.15, 0.2) is 30.3 Å². The molecule has 4 nitrogen and oxygen atoms in total. The van der Waals surface area contributed by atoms with E-state index in [1.54, 1.807) is 0 Å². The molecular weight excluding hydrogens is 392 g/mol. The summed E-state index contributed by atoms with van der Waals surface area (Å²) < 4.78 is 65.5. The molecule has 0 saturated heterocycles. The molecule has 1 aliphatic heterocycles. The third-order valence-corrected chi connectivity index (χ3v) is 4.76. The minimum Gasteiger partial charge on any atom is -0.489 e. The van der Waals surface area contributed by atoms with E-state index in [0.29, 0.717) is 23.3 Å². The Morgan fingerprint density at radius 1 is 1.28 bits per heavy atom. The van der Waals surface area contributed by atoms with Gasteiger partial charge < -0.3 is 14.6 Å². The summed E-state index contributed by atoms with van der Waals surface area (Å²) in [4.78, 5) is 11.1. The molecule has 1 N–H and O–H groups in total. The molecule has 0 spiro atoms. The molecule has 0 radical (unpaired) electrons. The van der Waals surface area contributed by atoms with Crippen LogP contribution in [0.1, 0.15) is 48.9 Å². The number of rotatable bonds is 5. The molecule has 1 unspecified atom stereocenters. The van der Waals surface area contributed by atoms with E-state index in [2.05, 4.69) is 0 Å². The molecular formula is C21H20F4O4. The largest absolute Gasteiger partial charge is 0.489 e. The first kappa shape index (κ1) is 21.0. The van der Waals surface area contributed by atoms with E-state index in [1.165, 1.54) is 25.1 Å². The number of alkyl halides is 3. The monoisotopic (exact) mass is 412 g/mol. The van der Waals surface area contributed by atoms with Gasteiger partial charge in [-0.2, -0.15) is 13.2 Å². The highest BCUT2D eigenvalue weighted by Gasteiger charge is 2.36. The van der Waals surface area contributed by atoms with Crippen molar-refractivity contribution in [2.24, 2.45) is 0 Å². The number of carbonyl (C=O) groups is 1. The van der Waals surface area contributed by atoms with Crippen molar-refractivity contribution < 1.29 is 36.9 Å². The molecule has 3 rings (SSSR count). The highest BCUT2D eigenvalue weighted by Crippen LogP contribution is 2.40. The molecule has 0 saturated carbocycles. The zero-order chi connectivity index (χ0) is 21.6. The van der Waals surface area contributed by atoms with Crippen LogP contribution in [0.5, 0.6) is 11.5 Å². The highest BCUT2D eigenvalue weighted by atomic mass is 19.4. The number of benzene rings is 2. The van der Waals surface area contributed by atoms with E-state index in [0.717, 1.165) is 12.1 Å². The molecule has 156 valence electrons. The Morgan fingerprint density at radius 2 is 1.97 bits per heavy atom. The van der Waals surface area contributed by atoms with Gasteiger partial charge in [-0.3, -0.25) is 4.79 Å². The number of aliphatic carboxylic acids is 1. The number of halogens is 4. The third kappa shape index (κ3) is 4.46. The van der Waals surface area contributed by atoms with Gasteiger partial charge in [0.1, 0.15) is 29.5 Å². The minimum absolute atomic E-state index is 0.103. The van der Waals surface area contributed by atoms with E-state index in [4.69, 9.17) is 14.6 Å². The van der Waals surface area contributed by atoms with Crippen molar-refractivity contribution in [1.29, 1.82) is 0 Å². The molecule has 8 heteroatoms. The Kier molecular flexibility index (Phi) is 5.23. The lowest BCUT2D eigenvalue weighted by molar-refractivity contribution is -0.141. The summed E-state index contributed by atoms with van der Waals surface area (Å²) in [6, 6.07) is 5.73. The quantitative estimate of drug-likeness (QED) is 0.675. The molecule has 0 fully saturated rings. The number of fused-ring (bicyclic) bond motifs is 1. The average molecular weight is 412 g/mol. The maximum Gasteiger partial charge on any atom is 0.416 e. The standard InChI is InChI=1S/C21H20F4O4/c1-11(19(26)27)16-5-4-15(8-17(16)21(23,24)25)28-10-13-7-14(22)6-12-9-20(2,3)29-18(12)13/h4-8,11H,9-10H2,1-3H3,(H,26,27). The maximum absolute atomic E-state index is 13.9. The van der Waals surface area contributed by atoms with Gasteiger partial charge >= 0.3 is 12.1 Å². The fourth-order valence-electron chi connectivity index (χ4n) is 3.39. The molecule has 1 aliphatic rings. The van der Waals surface area contributed by atoms with Gasteiger partial charge in [0.05, 0.1) is 11.5 Å². The highest BCUT2D eigenvalue weighted by molar-refractivity contribution is 5.76.